The topological polar surface area (TPSA) is 22.1 Å². The van der Waals surface area contributed by atoms with E-state index < -0.39 is 8.07 Å². The van der Waals surface area contributed by atoms with Gasteiger partial charge in [-0.3, -0.25) is 4.98 Å². The van der Waals surface area contributed by atoms with Crippen molar-refractivity contribution in [2.24, 2.45) is 0 Å². The summed E-state index contributed by atoms with van der Waals surface area (Å²) in [5.74, 6) is 1.17. The van der Waals surface area contributed by atoms with Gasteiger partial charge in [0.25, 0.3) is 0 Å². The zero-order valence-electron chi connectivity index (χ0n) is 19.2. The van der Waals surface area contributed by atoms with E-state index in [1.165, 1.54) is 22.1 Å². The number of hydrogen-bond donors (Lipinski definition) is 0. The largest absolute Gasteiger partial charge is 0.456 e. The van der Waals surface area contributed by atoms with Gasteiger partial charge in [0.15, 0.2) is 0 Å². The Hall–Kier alpha value is -3.76. The molecule has 5 aromatic rings. The summed E-state index contributed by atoms with van der Waals surface area (Å²) in [6.45, 7) is 6.81. The molecular formula is C30H22FNOSi. The molecule has 0 spiro atoms. The van der Waals surface area contributed by atoms with Crippen molar-refractivity contribution in [3.05, 3.63) is 95.4 Å². The fourth-order valence-corrected chi connectivity index (χ4v) is 8.85. The highest BCUT2D eigenvalue weighted by Gasteiger charge is 2.36. The summed E-state index contributed by atoms with van der Waals surface area (Å²) < 4.78 is 21.8. The van der Waals surface area contributed by atoms with Gasteiger partial charge in [-0.05, 0) is 57.4 Å². The smallest absolute Gasteiger partial charge is 0.149 e. The lowest BCUT2D eigenvalue weighted by atomic mass is 9.93. The van der Waals surface area contributed by atoms with Gasteiger partial charge in [-0.1, -0.05) is 67.7 Å². The first-order chi connectivity index (χ1) is 16.4. The van der Waals surface area contributed by atoms with E-state index >= 15 is 4.39 Å². The average Bonchev–Trinajstić information content (AvgIpc) is 3.12. The Morgan fingerprint density at radius 2 is 1.71 bits per heavy atom. The van der Waals surface area contributed by atoms with Crippen LogP contribution in [0.5, 0.6) is 11.5 Å². The van der Waals surface area contributed by atoms with Crippen LogP contribution in [0.4, 0.5) is 4.39 Å². The molecule has 0 fully saturated rings. The normalized spacial score (nSPS) is 15.1. The van der Waals surface area contributed by atoms with Gasteiger partial charge in [-0.25, -0.2) is 4.39 Å². The van der Waals surface area contributed by atoms with E-state index in [9.17, 15) is 0 Å². The number of hydrogen-bond acceptors (Lipinski definition) is 2. The minimum Gasteiger partial charge on any atom is -0.456 e. The lowest BCUT2D eigenvalue weighted by molar-refractivity contribution is 0.483. The number of pyridine rings is 1. The van der Waals surface area contributed by atoms with Crippen molar-refractivity contribution in [3.8, 4) is 22.8 Å². The van der Waals surface area contributed by atoms with Gasteiger partial charge in [0.1, 0.15) is 25.4 Å². The molecule has 0 saturated heterocycles. The van der Waals surface area contributed by atoms with E-state index in [4.69, 9.17) is 4.74 Å². The average molecular weight is 460 g/mol. The van der Waals surface area contributed by atoms with Crippen LogP contribution in [0.2, 0.25) is 13.1 Å². The second-order valence-corrected chi connectivity index (χ2v) is 14.2. The molecule has 4 heteroatoms. The minimum absolute atomic E-state index is 0.318. The molecule has 0 aliphatic carbocycles. The number of rotatable bonds is 1. The van der Waals surface area contributed by atoms with Gasteiger partial charge < -0.3 is 4.74 Å². The Balaban J connectivity index is 1.51. The molecule has 0 radical (unpaired) electrons. The number of fused-ring (bicyclic) bond motifs is 4. The lowest BCUT2D eigenvalue weighted by Crippen LogP contribution is -2.40. The summed E-state index contributed by atoms with van der Waals surface area (Å²) in [5, 5.41) is 6.32. The SMILES string of the molecule is Cc1c2c(cc3ccccc13)-c1ncc(F)c3cc(C4=Cc5ccccc5[Si]4(C)C)cc(c13)O2. The van der Waals surface area contributed by atoms with Gasteiger partial charge in [0, 0.05) is 16.5 Å². The highest BCUT2D eigenvalue weighted by molar-refractivity contribution is 7.07. The van der Waals surface area contributed by atoms with Crippen LogP contribution >= 0.6 is 0 Å². The Kier molecular flexibility index (Phi) is 3.85. The number of aryl methyl sites for hydroxylation is 1. The zero-order chi connectivity index (χ0) is 23.2. The van der Waals surface area contributed by atoms with Crippen LogP contribution in [0.1, 0.15) is 16.7 Å². The van der Waals surface area contributed by atoms with Gasteiger partial charge in [0.05, 0.1) is 17.3 Å². The van der Waals surface area contributed by atoms with Crippen molar-refractivity contribution >= 4 is 46.1 Å². The minimum atomic E-state index is -1.92. The van der Waals surface area contributed by atoms with E-state index in [1.54, 1.807) is 0 Å². The predicted octanol–water partition coefficient (Wildman–Crippen LogP) is 7.62. The third-order valence-electron chi connectivity index (χ3n) is 7.54. The standard InChI is InChI=1S/C30H22FNOSi/c1-17-21-10-6-4-8-18(21)12-23-29-28-22(24(31)16-32-29)13-20(14-25(28)33-30(17)23)27-15-19-9-5-7-11-26(19)34(27,2)3/h4-16H,1-3H3. The molecule has 1 aromatic heterocycles. The van der Waals surface area contributed by atoms with Gasteiger partial charge in [0.2, 0.25) is 0 Å². The van der Waals surface area contributed by atoms with Crippen molar-refractivity contribution in [2.45, 2.75) is 20.0 Å². The quantitative estimate of drug-likeness (QED) is 0.236. The van der Waals surface area contributed by atoms with Crippen LogP contribution in [-0.4, -0.2) is 13.1 Å². The summed E-state index contributed by atoms with van der Waals surface area (Å²) in [7, 11) is -1.92. The molecule has 0 N–H and O–H groups in total. The maximum Gasteiger partial charge on any atom is 0.149 e. The molecule has 0 amide bonds. The molecule has 3 heterocycles. The van der Waals surface area contributed by atoms with Crippen molar-refractivity contribution in [2.75, 3.05) is 0 Å². The molecule has 2 aliphatic heterocycles. The molecule has 0 bridgehead atoms. The molecule has 2 nitrogen and oxygen atoms in total. The molecular weight excluding hydrogens is 437 g/mol. The second-order valence-electron chi connectivity index (χ2n) is 9.82. The van der Waals surface area contributed by atoms with Crippen LogP contribution in [0.25, 0.3) is 44.1 Å². The third kappa shape index (κ3) is 2.52. The predicted molar refractivity (Wildman–Crippen MR) is 141 cm³/mol. The van der Waals surface area contributed by atoms with Crippen LogP contribution in [0.3, 0.4) is 0 Å². The van der Waals surface area contributed by atoms with Gasteiger partial charge >= 0.3 is 0 Å². The van der Waals surface area contributed by atoms with E-state index in [0.29, 0.717) is 11.1 Å². The molecule has 164 valence electrons. The molecule has 4 aromatic carbocycles. The van der Waals surface area contributed by atoms with E-state index in [2.05, 4.69) is 79.6 Å². The Bertz CT molecular complexity index is 1730. The summed E-state index contributed by atoms with van der Waals surface area (Å²) in [4.78, 5) is 4.55. The second kappa shape index (κ2) is 6.64. The van der Waals surface area contributed by atoms with Gasteiger partial charge in [-0.15, -0.1) is 0 Å². The summed E-state index contributed by atoms with van der Waals surface area (Å²) in [6, 6.07) is 23.1. The molecule has 0 saturated carbocycles. The number of nitrogens with zero attached hydrogens (tertiary/aromatic N) is 1. The van der Waals surface area contributed by atoms with Crippen molar-refractivity contribution in [1.82, 2.24) is 4.98 Å². The number of aromatic nitrogens is 1. The van der Waals surface area contributed by atoms with E-state index in [0.717, 1.165) is 44.3 Å². The monoisotopic (exact) mass is 459 g/mol. The Morgan fingerprint density at radius 1 is 0.912 bits per heavy atom. The molecule has 0 atom stereocenters. The summed E-state index contributed by atoms with van der Waals surface area (Å²) >= 11 is 0. The van der Waals surface area contributed by atoms with Crippen LogP contribution in [0, 0.1) is 12.7 Å². The Labute approximate surface area is 198 Å². The number of ether oxygens (including phenoxy) is 1. The molecule has 0 unspecified atom stereocenters. The zero-order valence-corrected chi connectivity index (χ0v) is 20.2. The third-order valence-corrected chi connectivity index (χ3v) is 11.1. The number of benzene rings is 4. The summed E-state index contributed by atoms with van der Waals surface area (Å²) in [5.41, 5.74) is 5.09. The van der Waals surface area contributed by atoms with Crippen LogP contribution < -0.4 is 9.92 Å². The van der Waals surface area contributed by atoms with Crippen LogP contribution in [-0.2, 0) is 0 Å². The van der Waals surface area contributed by atoms with Gasteiger partial charge in [-0.2, -0.15) is 0 Å². The van der Waals surface area contributed by atoms with Crippen molar-refractivity contribution < 1.29 is 9.13 Å². The maximum atomic E-state index is 15.2. The molecule has 34 heavy (non-hydrogen) atoms. The molecule has 7 rings (SSSR count). The fraction of sp³-hybridized carbons (Fsp3) is 0.100. The highest BCUT2D eigenvalue weighted by atomic mass is 28.3. The Morgan fingerprint density at radius 3 is 2.56 bits per heavy atom. The first-order valence-corrected chi connectivity index (χ1v) is 14.6. The lowest BCUT2D eigenvalue weighted by Gasteiger charge is -2.26. The molecule has 2 aliphatic rings. The van der Waals surface area contributed by atoms with Crippen molar-refractivity contribution in [3.63, 3.8) is 0 Å². The highest BCUT2D eigenvalue weighted by Crippen LogP contribution is 2.50. The van der Waals surface area contributed by atoms with Crippen molar-refractivity contribution in [1.29, 1.82) is 0 Å². The maximum absolute atomic E-state index is 15.2. The fourth-order valence-electron chi connectivity index (χ4n) is 5.79. The van der Waals surface area contributed by atoms with Crippen LogP contribution in [0.15, 0.2) is 72.9 Å². The first kappa shape index (κ1) is 19.7. The first-order valence-electron chi connectivity index (χ1n) is 11.6. The summed E-state index contributed by atoms with van der Waals surface area (Å²) in [6.07, 6.45) is 3.64. The van der Waals surface area contributed by atoms with E-state index in [1.807, 2.05) is 18.2 Å². The van der Waals surface area contributed by atoms with E-state index in [-0.39, 0.29) is 5.82 Å². The number of halogens is 1.